The van der Waals surface area contributed by atoms with Crippen LogP contribution in [0, 0.1) is 12.8 Å². The summed E-state index contributed by atoms with van der Waals surface area (Å²) in [6, 6.07) is 6.51. The Morgan fingerprint density at radius 3 is 2.56 bits per heavy atom. The van der Waals surface area contributed by atoms with Gasteiger partial charge in [0.1, 0.15) is 0 Å². The van der Waals surface area contributed by atoms with Crippen LogP contribution in [0.3, 0.4) is 0 Å². The highest BCUT2D eigenvalue weighted by atomic mass is 16.2. The van der Waals surface area contributed by atoms with Crippen LogP contribution in [0.25, 0.3) is 21.7 Å². The fourth-order valence-corrected chi connectivity index (χ4v) is 2.05. The molecule has 2 amide bonds. The zero-order chi connectivity index (χ0) is 18.4. The molecule has 1 heterocycles. The molecule has 0 spiro atoms. The van der Waals surface area contributed by atoms with Gasteiger partial charge >= 0.3 is 0 Å². The Morgan fingerprint density at radius 1 is 1.32 bits per heavy atom. The molecule has 0 saturated heterocycles. The first kappa shape index (κ1) is 18.1. The lowest BCUT2D eigenvalue weighted by Crippen LogP contribution is -2.21. The molecule has 8 nitrogen and oxygen atoms in total. The summed E-state index contributed by atoms with van der Waals surface area (Å²) < 4.78 is 0. The van der Waals surface area contributed by atoms with Gasteiger partial charge in [-0.3, -0.25) is 9.59 Å². The Morgan fingerprint density at radius 2 is 2.00 bits per heavy atom. The van der Waals surface area contributed by atoms with Crippen LogP contribution in [0.5, 0.6) is 0 Å². The third-order valence-electron chi connectivity index (χ3n) is 3.81. The quantitative estimate of drug-likeness (QED) is 0.505. The Hall–Kier alpha value is -3.25. The Kier molecular flexibility index (Phi) is 5.81. The molecular weight excluding hydrogens is 320 g/mol. The molecule has 8 heteroatoms. The molecule has 1 N–H and O–H groups in total. The minimum Gasteiger partial charge on any atom is -0.309 e. The first-order valence-corrected chi connectivity index (χ1v) is 7.80. The van der Waals surface area contributed by atoms with Crippen LogP contribution in [0.1, 0.15) is 36.3 Å². The minimum atomic E-state index is -0.639. The summed E-state index contributed by atoms with van der Waals surface area (Å²) in [5, 5.41) is 5.82. The van der Waals surface area contributed by atoms with Crippen LogP contribution < -0.4 is 5.32 Å². The van der Waals surface area contributed by atoms with Crippen molar-refractivity contribution in [2.24, 2.45) is 11.0 Å². The molecule has 0 aliphatic carbocycles. The average molecular weight is 338 g/mol. The van der Waals surface area contributed by atoms with Crippen LogP contribution in [0.2, 0.25) is 0 Å². The predicted molar refractivity (Wildman–Crippen MR) is 93.8 cm³/mol. The van der Waals surface area contributed by atoms with Gasteiger partial charge < -0.3 is 5.32 Å². The lowest BCUT2D eigenvalue weighted by molar-refractivity contribution is -0.119. The molecule has 2 rings (SSSR count). The van der Waals surface area contributed by atoms with E-state index in [2.05, 4.69) is 25.3 Å². The van der Waals surface area contributed by atoms with Crippen LogP contribution in [0.15, 0.2) is 35.6 Å². The van der Waals surface area contributed by atoms with Gasteiger partial charge in [-0.05, 0) is 24.0 Å². The topological polar surface area (TPSA) is 121 Å². The van der Waals surface area contributed by atoms with E-state index >= 15 is 0 Å². The van der Waals surface area contributed by atoms with Crippen LogP contribution >= 0.6 is 0 Å². The molecule has 1 atom stereocenters. The van der Waals surface area contributed by atoms with E-state index in [1.54, 1.807) is 37.4 Å². The van der Waals surface area contributed by atoms with Gasteiger partial charge in [0, 0.05) is 22.0 Å². The molecular formula is C17H18N6O2. The van der Waals surface area contributed by atoms with Crippen molar-refractivity contribution in [1.29, 1.82) is 0 Å². The fourth-order valence-electron chi connectivity index (χ4n) is 2.05. The van der Waals surface area contributed by atoms with Gasteiger partial charge in [0.2, 0.25) is 11.8 Å². The molecule has 1 aromatic heterocycles. The number of hydrogen-bond acceptors (Lipinski definition) is 4. The van der Waals surface area contributed by atoms with Crippen molar-refractivity contribution in [2.45, 2.75) is 27.2 Å². The maximum absolute atomic E-state index is 12.0. The van der Waals surface area contributed by atoms with Crippen molar-refractivity contribution in [3.63, 3.8) is 0 Å². The fraction of sp³-hybridized carbons (Fsp3) is 0.294. The minimum absolute atomic E-state index is 0.0893. The number of carbonyl (C=O) groups is 2. The average Bonchev–Trinajstić information content (AvgIpc) is 2.63. The SMILES string of the molecule is CCC(C)C(=O)Nc1ncc(-c2ccc(C(=O)N=[N+]=[N-])cc2)nc1C. The number of aryl methyl sites for hydroxylation is 1. The highest BCUT2D eigenvalue weighted by molar-refractivity contribution is 5.95. The predicted octanol–water partition coefficient (Wildman–Crippen LogP) is 3.89. The third-order valence-corrected chi connectivity index (χ3v) is 3.81. The van der Waals surface area contributed by atoms with Crippen molar-refractivity contribution in [3.8, 4) is 11.3 Å². The zero-order valence-corrected chi connectivity index (χ0v) is 14.2. The van der Waals surface area contributed by atoms with Crippen molar-refractivity contribution < 1.29 is 9.59 Å². The molecule has 1 aromatic carbocycles. The van der Waals surface area contributed by atoms with Gasteiger partial charge in [-0.15, -0.1) is 0 Å². The third kappa shape index (κ3) is 4.39. The molecule has 25 heavy (non-hydrogen) atoms. The second kappa shape index (κ2) is 8.03. The monoisotopic (exact) mass is 338 g/mol. The summed E-state index contributed by atoms with van der Waals surface area (Å²) in [5.41, 5.74) is 10.6. The summed E-state index contributed by atoms with van der Waals surface area (Å²) in [6.45, 7) is 5.57. The van der Waals surface area contributed by atoms with Crippen molar-refractivity contribution in [2.75, 3.05) is 5.32 Å². The highest BCUT2D eigenvalue weighted by Gasteiger charge is 2.14. The number of nitrogens with one attached hydrogen (secondary N) is 1. The smallest absolute Gasteiger partial charge is 0.249 e. The molecule has 0 fully saturated rings. The summed E-state index contributed by atoms with van der Waals surface area (Å²) in [5.74, 6) is -0.390. The van der Waals surface area contributed by atoms with Crippen molar-refractivity contribution in [1.82, 2.24) is 9.97 Å². The number of rotatable bonds is 5. The summed E-state index contributed by atoms with van der Waals surface area (Å²) in [6.07, 6.45) is 2.31. The Labute approximate surface area is 144 Å². The second-order valence-electron chi connectivity index (χ2n) is 5.56. The van der Waals surface area contributed by atoms with E-state index in [0.717, 1.165) is 12.0 Å². The van der Waals surface area contributed by atoms with E-state index in [9.17, 15) is 9.59 Å². The van der Waals surface area contributed by atoms with Gasteiger partial charge in [0.05, 0.1) is 17.6 Å². The van der Waals surface area contributed by atoms with Crippen LogP contribution in [-0.2, 0) is 4.79 Å². The van der Waals surface area contributed by atoms with Crippen LogP contribution in [0.4, 0.5) is 5.82 Å². The number of benzene rings is 1. The molecule has 0 aliphatic rings. The highest BCUT2D eigenvalue weighted by Crippen LogP contribution is 2.20. The van der Waals surface area contributed by atoms with Crippen LogP contribution in [-0.4, -0.2) is 21.8 Å². The van der Waals surface area contributed by atoms with Gasteiger partial charge in [0.25, 0.3) is 0 Å². The zero-order valence-electron chi connectivity index (χ0n) is 14.2. The normalized spacial score (nSPS) is 11.3. The molecule has 0 saturated carbocycles. The maximum atomic E-state index is 12.0. The van der Waals surface area contributed by atoms with E-state index in [0.29, 0.717) is 22.8 Å². The van der Waals surface area contributed by atoms with Gasteiger partial charge in [0.15, 0.2) is 5.82 Å². The van der Waals surface area contributed by atoms with E-state index in [-0.39, 0.29) is 11.8 Å². The summed E-state index contributed by atoms with van der Waals surface area (Å²) >= 11 is 0. The van der Waals surface area contributed by atoms with Crippen molar-refractivity contribution >= 4 is 17.6 Å². The number of nitrogens with zero attached hydrogens (tertiary/aromatic N) is 5. The molecule has 0 radical (unpaired) electrons. The number of carbonyl (C=O) groups excluding carboxylic acids is 2. The first-order chi connectivity index (χ1) is 12.0. The molecule has 2 aromatic rings. The van der Waals surface area contributed by atoms with E-state index < -0.39 is 5.91 Å². The van der Waals surface area contributed by atoms with Gasteiger partial charge in [-0.25, -0.2) is 9.97 Å². The molecule has 1 unspecified atom stereocenters. The second-order valence-corrected chi connectivity index (χ2v) is 5.56. The van der Waals surface area contributed by atoms with E-state index in [1.165, 1.54) is 0 Å². The number of aromatic nitrogens is 2. The van der Waals surface area contributed by atoms with Gasteiger partial charge in [-0.1, -0.05) is 38.1 Å². The lowest BCUT2D eigenvalue weighted by atomic mass is 10.1. The lowest BCUT2D eigenvalue weighted by Gasteiger charge is -2.11. The molecule has 0 bridgehead atoms. The largest absolute Gasteiger partial charge is 0.309 e. The number of hydrogen-bond donors (Lipinski definition) is 1. The standard InChI is InChI=1S/C17H18N6O2/c1-4-10(2)16(24)21-15-11(3)20-14(9-19-15)12-5-7-13(8-6-12)17(25)22-23-18/h5-10H,4H2,1-3H3,(H,19,21,24). The number of azide groups is 1. The van der Waals surface area contributed by atoms with E-state index in [4.69, 9.17) is 5.53 Å². The maximum Gasteiger partial charge on any atom is 0.249 e. The summed E-state index contributed by atoms with van der Waals surface area (Å²) in [4.78, 5) is 34.6. The van der Waals surface area contributed by atoms with E-state index in [1.807, 2.05) is 13.8 Å². The Balaban J connectivity index is 2.21. The first-order valence-electron chi connectivity index (χ1n) is 7.80. The molecule has 128 valence electrons. The van der Waals surface area contributed by atoms with Crippen molar-refractivity contribution in [3.05, 3.63) is 52.2 Å². The number of amides is 2. The Bertz CT molecular complexity index is 841. The number of anilines is 1. The summed E-state index contributed by atoms with van der Waals surface area (Å²) in [7, 11) is 0. The van der Waals surface area contributed by atoms with Gasteiger partial charge in [-0.2, -0.15) is 0 Å². The molecule has 0 aliphatic heterocycles.